The number of hydrogen-bond acceptors (Lipinski definition) is 4. The molecule has 0 aliphatic heterocycles. The van der Waals surface area contributed by atoms with Gasteiger partial charge in [0.1, 0.15) is 6.04 Å². The van der Waals surface area contributed by atoms with E-state index in [0.29, 0.717) is 0 Å². The highest BCUT2D eigenvalue weighted by Gasteiger charge is 2.24. The molecular weight excluding hydrogens is 270 g/mol. The summed E-state index contributed by atoms with van der Waals surface area (Å²) in [5, 5.41) is 17.6. The Morgan fingerprint density at radius 1 is 1.47 bits per heavy atom. The van der Waals surface area contributed by atoms with Crippen molar-refractivity contribution in [2.75, 3.05) is 6.61 Å². The largest absolute Gasteiger partial charge is 0.480 e. The number of aliphatic carboxylic acids is 1. The van der Waals surface area contributed by atoms with Crippen molar-refractivity contribution in [3.05, 3.63) is 29.3 Å². The number of benzene rings is 1. The number of hydrogen-bond donors (Lipinski definition) is 3. The van der Waals surface area contributed by atoms with Gasteiger partial charge >= 0.3 is 5.97 Å². The molecule has 0 aromatic heterocycles. The Morgan fingerprint density at radius 3 is 2.59 bits per heavy atom. The Morgan fingerprint density at radius 2 is 2.12 bits per heavy atom. The molecule has 0 spiro atoms. The Bertz CT molecular complexity index is 516. The zero-order valence-electron chi connectivity index (χ0n) is 8.50. The monoisotopic (exact) mass is 279 g/mol. The Kier molecular flexibility index (Phi) is 4.47. The number of carboxylic acids is 1. The molecule has 1 aromatic rings. The van der Waals surface area contributed by atoms with E-state index in [1.807, 2.05) is 4.72 Å². The van der Waals surface area contributed by atoms with Crippen LogP contribution in [0.3, 0.4) is 0 Å². The number of halogens is 1. The summed E-state index contributed by atoms with van der Waals surface area (Å²) in [6.45, 7) is -0.838. The van der Waals surface area contributed by atoms with Crippen LogP contribution in [-0.2, 0) is 14.8 Å². The predicted octanol–water partition coefficient (Wildman–Crippen LogP) is 0.0638. The van der Waals surface area contributed by atoms with Gasteiger partial charge in [0.2, 0.25) is 10.0 Å². The minimum absolute atomic E-state index is 0.162. The topological polar surface area (TPSA) is 104 Å². The van der Waals surface area contributed by atoms with Crippen LogP contribution in [0, 0.1) is 0 Å². The second-order valence-corrected chi connectivity index (χ2v) is 5.30. The zero-order chi connectivity index (χ0) is 13.1. The van der Waals surface area contributed by atoms with Gasteiger partial charge in [-0.3, -0.25) is 4.79 Å². The first-order valence-electron chi connectivity index (χ1n) is 4.48. The van der Waals surface area contributed by atoms with Gasteiger partial charge in [-0.1, -0.05) is 17.7 Å². The fourth-order valence-electron chi connectivity index (χ4n) is 1.06. The molecule has 94 valence electrons. The average Bonchev–Trinajstić information content (AvgIpc) is 2.25. The Hall–Kier alpha value is -1.15. The van der Waals surface area contributed by atoms with Crippen LogP contribution >= 0.6 is 11.6 Å². The van der Waals surface area contributed by atoms with Gasteiger partial charge in [0.15, 0.2) is 0 Å². The predicted molar refractivity (Wildman–Crippen MR) is 60.3 cm³/mol. The number of sulfonamides is 1. The molecule has 0 heterocycles. The van der Waals surface area contributed by atoms with Crippen LogP contribution in [0.1, 0.15) is 0 Å². The van der Waals surface area contributed by atoms with Crippen molar-refractivity contribution in [3.63, 3.8) is 0 Å². The molecule has 1 rings (SSSR count). The second kappa shape index (κ2) is 5.46. The third kappa shape index (κ3) is 3.67. The lowest BCUT2D eigenvalue weighted by Gasteiger charge is -2.12. The summed E-state index contributed by atoms with van der Waals surface area (Å²) >= 11 is 5.63. The van der Waals surface area contributed by atoms with E-state index in [-0.39, 0.29) is 9.92 Å². The van der Waals surface area contributed by atoms with Crippen LogP contribution in [-0.4, -0.2) is 37.2 Å². The lowest BCUT2D eigenvalue weighted by molar-refractivity contribution is -0.139. The van der Waals surface area contributed by atoms with Gasteiger partial charge in [-0.25, -0.2) is 8.42 Å². The lowest BCUT2D eigenvalue weighted by Crippen LogP contribution is -2.43. The van der Waals surface area contributed by atoms with Crippen molar-refractivity contribution in [1.29, 1.82) is 0 Å². The van der Waals surface area contributed by atoms with Gasteiger partial charge in [-0.15, -0.1) is 0 Å². The summed E-state index contributed by atoms with van der Waals surface area (Å²) in [6.07, 6.45) is 0. The number of rotatable bonds is 5. The van der Waals surface area contributed by atoms with E-state index < -0.39 is 28.6 Å². The molecule has 17 heavy (non-hydrogen) atoms. The maximum absolute atomic E-state index is 11.7. The van der Waals surface area contributed by atoms with Crippen molar-refractivity contribution in [2.45, 2.75) is 10.9 Å². The van der Waals surface area contributed by atoms with Crippen LogP contribution in [0.2, 0.25) is 5.02 Å². The molecule has 0 amide bonds. The highest BCUT2D eigenvalue weighted by molar-refractivity contribution is 7.89. The highest BCUT2D eigenvalue weighted by Crippen LogP contribution is 2.15. The van der Waals surface area contributed by atoms with Crippen LogP contribution in [0.25, 0.3) is 0 Å². The summed E-state index contributed by atoms with van der Waals surface area (Å²) in [7, 11) is -4.01. The molecule has 8 heteroatoms. The number of aliphatic hydroxyl groups is 1. The molecule has 1 aromatic carbocycles. The van der Waals surface area contributed by atoms with E-state index in [0.717, 1.165) is 0 Å². The molecule has 0 radical (unpaired) electrons. The smallest absolute Gasteiger partial charge is 0.324 e. The van der Waals surface area contributed by atoms with Crippen molar-refractivity contribution in [2.24, 2.45) is 0 Å². The molecule has 0 saturated carbocycles. The maximum atomic E-state index is 11.7. The van der Waals surface area contributed by atoms with E-state index >= 15 is 0 Å². The summed E-state index contributed by atoms with van der Waals surface area (Å²) in [5.74, 6) is -1.46. The SMILES string of the molecule is O=C(O)C(CO)NS(=O)(=O)c1cccc(Cl)c1. The highest BCUT2D eigenvalue weighted by atomic mass is 35.5. The van der Waals surface area contributed by atoms with Gasteiger partial charge in [0, 0.05) is 5.02 Å². The quantitative estimate of drug-likeness (QED) is 0.707. The van der Waals surface area contributed by atoms with Crippen molar-refractivity contribution < 1.29 is 23.4 Å². The van der Waals surface area contributed by atoms with E-state index in [9.17, 15) is 13.2 Å². The van der Waals surface area contributed by atoms with E-state index in [1.165, 1.54) is 24.3 Å². The van der Waals surface area contributed by atoms with Crippen molar-refractivity contribution >= 4 is 27.6 Å². The van der Waals surface area contributed by atoms with Gasteiger partial charge in [0.05, 0.1) is 11.5 Å². The molecule has 0 saturated heterocycles. The molecule has 0 fully saturated rings. The van der Waals surface area contributed by atoms with Crippen LogP contribution in [0.4, 0.5) is 0 Å². The molecule has 0 aliphatic carbocycles. The normalized spacial score (nSPS) is 13.3. The maximum Gasteiger partial charge on any atom is 0.324 e. The van der Waals surface area contributed by atoms with Gasteiger partial charge in [-0.2, -0.15) is 4.72 Å². The molecule has 6 nitrogen and oxygen atoms in total. The second-order valence-electron chi connectivity index (χ2n) is 3.15. The minimum Gasteiger partial charge on any atom is -0.480 e. The lowest BCUT2D eigenvalue weighted by atomic mass is 10.3. The van der Waals surface area contributed by atoms with E-state index in [4.69, 9.17) is 21.8 Å². The number of nitrogens with one attached hydrogen (secondary N) is 1. The molecule has 1 atom stereocenters. The third-order valence-corrected chi connectivity index (χ3v) is 3.59. The summed E-state index contributed by atoms with van der Waals surface area (Å²) in [4.78, 5) is 10.4. The molecule has 0 bridgehead atoms. The third-order valence-electron chi connectivity index (χ3n) is 1.88. The molecule has 1 unspecified atom stereocenters. The van der Waals surface area contributed by atoms with Gasteiger partial charge < -0.3 is 10.2 Å². The summed E-state index contributed by atoms with van der Waals surface area (Å²) in [5.41, 5.74) is 0. The van der Waals surface area contributed by atoms with Crippen LogP contribution in [0.15, 0.2) is 29.2 Å². The Balaban J connectivity index is 3.00. The number of carbonyl (C=O) groups is 1. The Labute approximate surface area is 103 Å². The summed E-state index contributed by atoms with van der Waals surface area (Å²) < 4.78 is 25.3. The van der Waals surface area contributed by atoms with E-state index in [2.05, 4.69) is 0 Å². The first kappa shape index (κ1) is 13.9. The zero-order valence-corrected chi connectivity index (χ0v) is 10.1. The number of aliphatic hydroxyl groups excluding tert-OH is 1. The van der Waals surface area contributed by atoms with Gasteiger partial charge in [0.25, 0.3) is 0 Å². The standard InChI is InChI=1S/C9H10ClNO5S/c10-6-2-1-3-7(4-6)17(15,16)11-8(5-12)9(13)14/h1-4,8,11-12H,5H2,(H,13,14). The number of carboxylic acid groups (broad SMARTS) is 1. The van der Waals surface area contributed by atoms with Gasteiger partial charge in [-0.05, 0) is 18.2 Å². The first-order chi connectivity index (χ1) is 7.86. The van der Waals surface area contributed by atoms with Crippen LogP contribution < -0.4 is 4.72 Å². The molecule has 3 N–H and O–H groups in total. The van der Waals surface area contributed by atoms with Crippen molar-refractivity contribution in [1.82, 2.24) is 4.72 Å². The van der Waals surface area contributed by atoms with Crippen molar-refractivity contribution in [3.8, 4) is 0 Å². The fourth-order valence-corrected chi connectivity index (χ4v) is 2.54. The van der Waals surface area contributed by atoms with Crippen LogP contribution in [0.5, 0.6) is 0 Å². The summed E-state index contributed by atoms with van der Waals surface area (Å²) in [6, 6.07) is 3.77. The van der Waals surface area contributed by atoms with E-state index in [1.54, 1.807) is 0 Å². The molecule has 0 aliphatic rings. The minimum atomic E-state index is -4.01. The first-order valence-corrected chi connectivity index (χ1v) is 6.34. The fraction of sp³-hybridized carbons (Fsp3) is 0.222. The molecular formula is C9H10ClNO5S. The average molecular weight is 280 g/mol.